The van der Waals surface area contributed by atoms with Gasteiger partial charge in [0.25, 0.3) is 0 Å². The lowest BCUT2D eigenvalue weighted by Crippen LogP contribution is -2.20. The molecule has 1 aromatic rings. The van der Waals surface area contributed by atoms with Crippen molar-refractivity contribution in [3.63, 3.8) is 0 Å². The van der Waals surface area contributed by atoms with E-state index in [4.69, 9.17) is 7.98 Å². The summed E-state index contributed by atoms with van der Waals surface area (Å²) in [5, 5.41) is 0. The van der Waals surface area contributed by atoms with Gasteiger partial charge in [-0.1, -0.05) is 18.2 Å². The maximum absolute atomic E-state index is 5.63. The fourth-order valence-electron chi connectivity index (χ4n) is 1.29. The number of hydrogen-bond acceptors (Lipinski definition) is 1. The van der Waals surface area contributed by atoms with Gasteiger partial charge < -0.3 is 0 Å². The first-order valence-corrected chi connectivity index (χ1v) is 3.50. The number of benzene rings is 1. The molecule has 0 saturated carbocycles. The summed E-state index contributed by atoms with van der Waals surface area (Å²) in [6.07, 6.45) is 0. The Balaban J connectivity index is 2.55. The zero-order chi connectivity index (χ0) is 7.84. The summed E-state index contributed by atoms with van der Waals surface area (Å²) < 4.78 is 1.70. The van der Waals surface area contributed by atoms with Gasteiger partial charge in [0, 0.05) is 11.6 Å². The van der Waals surface area contributed by atoms with Crippen LogP contribution in [0.25, 0.3) is 0 Å². The molecule has 1 aliphatic rings. The Labute approximate surface area is 67.2 Å². The highest BCUT2D eigenvalue weighted by Gasteiger charge is 2.25. The van der Waals surface area contributed by atoms with Crippen LogP contribution in [0.2, 0.25) is 0 Å². The molecule has 0 unspecified atom stereocenters. The van der Waals surface area contributed by atoms with Crippen LogP contribution < -0.4 is 0 Å². The lowest BCUT2D eigenvalue weighted by Gasteiger charge is -2.02. The molecule has 1 aromatic carbocycles. The van der Waals surface area contributed by atoms with Gasteiger partial charge in [0.05, 0.1) is 6.54 Å². The first-order valence-electron chi connectivity index (χ1n) is 3.50. The van der Waals surface area contributed by atoms with E-state index >= 15 is 0 Å². The second-order valence-electron chi connectivity index (χ2n) is 2.63. The quantitative estimate of drug-likeness (QED) is 0.385. The number of hydrazone groups is 1. The molecule has 0 fully saturated rings. The van der Waals surface area contributed by atoms with E-state index in [1.165, 1.54) is 5.56 Å². The standard InChI is InChI=1S/C8H8BN2/c1-10-8-5-3-2-4-7(8)6-11(10)9/h2-5H,1,6H2/q+1. The van der Waals surface area contributed by atoms with Crippen LogP contribution in [0, 0.1) is 0 Å². The first kappa shape index (κ1) is 6.46. The van der Waals surface area contributed by atoms with Crippen LogP contribution in [0.4, 0.5) is 5.69 Å². The van der Waals surface area contributed by atoms with Gasteiger partial charge in [-0.2, -0.15) is 0 Å². The molecule has 0 aliphatic carbocycles. The Hall–Kier alpha value is -1.25. The third kappa shape index (κ3) is 0.844. The number of fused-ring (bicyclic) bond motifs is 1. The van der Waals surface area contributed by atoms with Gasteiger partial charge in [-0.15, -0.1) is 4.68 Å². The molecule has 0 amide bonds. The highest BCUT2D eigenvalue weighted by molar-refractivity contribution is 6.03. The Bertz CT molecular complexity index is 309. The van der Waals surface area contributed by atoms with E-state index in [0.717, 1.165) is 12.2 Å². The number of para-hydroxylation sites is 1. The molecule has 1 aliphatic heterocycles. The topological polar surface area (TPSA) is 6.25 Å². The van der Waals surface area contributed by atoms with E-state index in [-0.39, 0.29) is 0 Å². The average Bonchev–Trinajstić information content (AvgIpc) is 2.30. The highest BCUT2D eigenvalue weighted by Crippen LogP contribution is 2.26. The lowest BCUT2D eigenvalue weighted by molar-refractivity contribution is -0.572. The van der Waals surface area contributed by atoms with Crippen molar-refractivity contribution in [1.82, 2.24) is 4.92 Å². The molecule has 0 aromatic heterocycles. The van der Waals surface area contributed by atoms with E-state index in [2.05, 4.69) is 12.8 Å². The van der Waals surface area contributed by atoms with Crippen LogP contribution in [0.1, 0.15) is 5.56 Å². The minimum Gasteiger partial charge on any atom is -0.241 e. The van der Waals surface area contributed by atoms with Crippen molar-refractivity contribution in [3.8, 4) is 0 Å². The van der Waals surface area contributed by atoms with Crippen LogP contribution in [-0.2, 0) is 6.54 Å². The number of hydrazine groups is 1. The van der Waals surface area contributed by atoms with Gasteiger partial charge in [-0.3, -0.25) is 0 Å². The van der Waals surface area contributed by atoms with Crippen molar-refractivity contribution in [2.24, 2.45) is 0 Å². The fraction of sp³-hybridized carbons (Fsp3) is 0.125. The van der Waals surface area contributed by atoms with Gasteiger partial charge in [-0.05, 0) is 0 Å². The Morgan fingerprint density at radius 2 is 2.18 bits per heavy atom. The van der Waals surface area contributed by atoms with E-state index in [0.29, 0.717) is 0 Å². The normalized spacial score (nSPS) is 15.3. The van der Waals surface area contributed by atoms with E-state index in [1.54, 1.807) is 9.60 Å². The summed E-state index contributed by atoms with van der Waals surface area (Å²) in [6, 6.07) is 8.05. The Morgan fingerprint density at radius 3 is 2.91 bits per heavy atom. The predicted molar refractivity (Wildman–Crippen MR) is 44.8 cm³/mol. The molecule has 11 heavy (non-hydrogen) atoms. The van der Waals surface area contributed by atoms with E-state index in [9.17, 15) is 0 Å². The molecule has 2 nitrogen and oxygen atoms in total. The summed E-state index contributed by atoms with van der Waals surface area (Å²) in [7, 11) is 5.63. The van der Waals surface area contributed by atoms with Gasteiger partial charge in [-0.25, -0.2) is 4.92 Å². The van der Waals surface area contributed by atoms with Crippen molar-refractivity contribution in [2.45, 2.75) is 6.54 Å². The summed E-state index contributed by atoms with van der Waals surface area (Å²) in [5.74, 6) is 0. The minimum absolute atomic E-state index is 0.750. The summed E-state index contributed by atoms with van der Waals surface area (Å²) >= 11 is 0. The van der Waals surface area contributed by atoms with Gasteiger partial charge in [0.2, 0.25) is 5.69 Å². The van der Waals surface area contributed by atoms with Crippen molar-refractivity contribution >= 4 is 20.4 Å². The van der Waals surface area contributed by atoms with Crippen molar-refractivity contribution in [1.29, 1.82) is 0 Å². The third-order valence-corrected chi connectivity index (χ3v) is 1.91. The summed E-state index contributed by atoms with van der Waals surface area (Å²) in [5.41, 5.74) is 2.32. The molecule has 0 N–H and O–H groups in total. The Kier molecular flexibility index (Phi) is 1.25. The third-order valence-electron chi connectivity index (χ3n) is 1.91. The largest absolute Gasteiger partial charge is 0.318 e. The van der Waals surface area contributed by atoms with Crippen LogP contribution in [0.3, 0.4) is 0 Å². The van der Waals surface area contributed by atoms with Gasteiger partial charge >= 0.3 is 7.98 Å². The van der Waals surface area contributed by atoms with Crippen LogP contribution in [0.15, 0.2) is 24.3 Å². The van der Waals surface area contributed by atoms with Crippen LogP contribution in [0.5, 0.6) is 0 Å². The smallest absolute Gasteiger partial charge is 0.241 e. The van der Waals surface area contributed by atoms with E-state index < -0.39 is 0 Å². The molecule has 0 spiro atoms. The SMILES string of the molecule is [B]N1Cc2ccccc2[N+]1=C. The molecule has 0 bridgehead atoms. The van der Waals surface area contributed by atoms with Gasteiger partial charge in [0.1, 0.15) is 0 Å². The molecule has 3 heteroatoms. The first-order chi connectivity index (χ1) is 5.29. The molecular formula is C8H8BN2+. The Morgan fingerprint density at radius 1 is 1.45 bits per heavy atom. The maximum Gasteiger partial charge on any atom is 0.318 e. The second-order valence-corrected chi connectivity index (χ2v) is 2.63. The average molecular weight is 143 g/mol. The van der Waals surface area contributed by atoms with Crippen molar-refractivity contribution < 1.29 is 4.68 Å². The maximum atomic E-state index is 5.63. The minimum atomic E-state index is 0.750. The lowest BCUT2D eigenvalue weighted by atomic mass is 10.2. The number of rotatable bonds is 0. The van der Waals surface area contributed by atoms with Crippen LogP contribution in [-0.4, -0.2) is 24.3 Å². The zero-order valence-corrected chi connectivity index (χ0v) is 6.20. The van der Waals surface area contributed by atoms with Gasteiger partial charge in [0.15, 0.2) is 6.72 Å². The predicted octanol–water partition coefficient (Wildman–Crippen LogP) is 0.845. The molecule has 1 heterocycles. The molecule has 2 radical (unpaired) electrons. The van der Waals surface area contributed by atoms with Crippen molar-refractivity contribution in [2.75, 3.05) is 0 Å². The monoisotopic (exact) mass is 143 g/mol. The zero-order valence-electron chi connectivity index (χ0n) is 6.20. The summed E-state index contributed by atoms with van der Waals surface area (Å²) in [4.78, 5) is 1.59. The highest BCUT2D eigenvalue weighted by atomic mass is 15.5. The molecular weight excluding hydrogens is 135 g/mol. The molecule has 2 rings (SSSR count). The van der Waals surface area contributed by atoms with Crippen LogP contribution >= 0.6 is 0 Å². The summed E-state index contributed by atoms with van der Waals surface area (Å²) in [6.45, 7) is 4.54. The second kappa shape index (κ2) is 2.12. The van der Waals surface area contributed by atoms with E-state index in [1.807, 2.05) is 18.2 Å². The number of hydrogen-bond donors (Lipinski definition) is 0. The fourth-order valence-corrected chi connectivity index (χ4v) is 1.29. The number of nitrogens with zero attached hydrogens (tertiary/aromatic N) is 2. The molecule has 52 valence electrons. The molecule has 0 saturated heterocycles. The van der Waals surface area contributed by atoms with Crippen molar-refractivity contribution in [3.05, 3.63) is 29.8 Å². The molecule has 0 atom stereocenters.